The summed E-state index contributed by atoms with van der Waals surface area (Å²) in [5, 5.41) is 4.06. The maximum Gasteiger partial charge on any atom is 0.229 e. The summed E-state index contributed by atoms with van der Waals surface area (Å²) in [5.74, 6) is 2.41. The largest absolute Gasteiger partial charge is 0.339 e. The summed E-state index contributed by atoms with van der Waals surface area (Å²) in [6.07, 6.45) is 5.47. The third kappa shape index (κ3) is 2.43. The van der Waals surface area contributed by atoms with Gasteiger partial charge in [-0.2, -0.15) is 4.98 Å². The summed E-state index contributed by atoms with van der Waals surface area (Å²) in [5.41, 5.74) is 5.97. The number of hydrogen-bond acceptors (Lipinski definition) is 4. The van der Waals surface area contributed by atoms with E-state index in [1.54, 1.807) is 0 Å². The van der Waals surface area contributed by atoms with Crippen molar-refractivity contribution in [2.45, 2.75) is 63.8 Å². The van der Waals surface area contributed by atoms with Crippen LogP contribution in [0.4, 0.5) is 0 Å². The van der Waals surface area contributed by atoms with E-state index in [2.05, 4.69) is 24.0 Å². The minimum atomic E-state index is 0.303. The average molecular weight is 223 g/mol. The summed E-state index contributed by atoms with van der Waals surface area (Å²) in [4.78, 5) is 4.51. The van der Waals surface area contributed by atoms with Gasteiger partial charge >= 0.3 is 0 Å². The molecule has 2 N–H and O–H groups in total. The third-order valence-corrected chi connectivity index (χ3v) is 3.57. The van der Waals surface area contributed by atoms with Gasteiger partial charge in [0.25, 0.3) is 0 Å². The van der Waals surface area contributed by atoms with E-state index in [9.17, 15) is 0 Å². The Bertz CT molecular complexity index is 337. The SMILES string of the molecule is CCC(C)c1noc(C2CCCC(N)C2)n1. The number of nitrogens with two attached hydrogens (primary N) is 1. The molecule has 3 unspecified atom stereocenters. The van der Waals surface area contributed by atoms with Gasteiger partial charge in [0.1, 0.15) is 0 Å². The first-order valence-corrected chi connectivity index (χ1v) is 6.29. The van der Waals surface area contributed by atoms with Gasteiger partial charge in [-0.1, -0.05) is 25.4 Å². The second-order valence-corrected chi connectivity index (χ2v) is 4.92. The molecule has 1 heterocycles. The zero-order valence-electron chi connectivity index (χ0n) is 10.1. The Morgan fingerprint density at radius 2 is 2.31 bits per heavy atom. The van der Waals surface area contributed by atoms with Gasteiger partial charge in [0.05, 0.1) is 0 Å². The molecule has 0 aromatic carbocycles. The van der Waals surface area contributed by atoms with Crippen LogP contribution in [0.5, 0.6) is 0 Å². The van der Waals surface area contributed by atoms with Gasteiger partial charge in [-0.05, 0) is 25.7 Å². The second kappa shape index (κ2) is 4.95. The Balaban J connectivity index is 2.06. The highest BCUT2D eigenvalue weighted by Gasteiger charge is 2.26. The molecule has 3 atom stereocenters. The van der Waals surface area contributed by atoms with Gasteiger partial charge in [-0.25, -0.2) is 0 Å². The fraction of sp³-hybridized carbons (Fsp3) is 0.833. The molecule has 4 heteroatoms. The Morgan fingerprint density at radius 3 is 3.00 bits per heavy atom. The molecule has 4 nitrogen and oxygen atoms in total. The lowest BCUT2D eigenvalue weighted by Gasteiger charge is -2.23. The molecule has 1 saturated carbocycles. The maximum atomic E-state index is 5.97. The van der Waals surface area contributed by atoms with Crippen LogP contribution >= 0.6 is 0 Å². The fourth-order valence-electron chi connectivity index (χ4n) is 2.25. The Morgan fingerprint density at radius 1 is 1.50 bits per heavy atom. The van der Waals surface area contributed by atoms with E-state index in [1.165, 1.54) is 6.42 Å². The van der Waals surface area contributed by atoms with Gasteiger partial charge < -0.3 is 10.3 Å². The molecule has 1 aliphatic carbocycles. The number of nitrogens with zero attached hydrogens (tertiary/aromatic N) is 2. The van der Waals surface area contributed by atoms with E-state index in [0.29, 0.717) is 17.9 Å². The summed E-state index contributed by atoms with van der Waals surface area (Å²) < 4.78 is 5.36. The molecule has 90 valence electrons. The van der Waals surface area contributed by atoms with Crippen molar-refractivity contribution in [1.29, 1.82) is 0 Å². The molecule has 16 heavy (non-hydrogen) atoms. The Labute approximate surface area is 96.6 Å². The third-order valence-electron chi connectivity index (χ3n) is 3.57. The topological polar surface area (TPSA) is 64.9 Å². The first-order valence-electron chi connectivity index (χ1n) is 6.29. The standard InChI is InChI=1S/C12H21N3O/c1-3-8(2)11-14-12(16-15-11)9-5-4-6-10(13)7-9/h8-10H,3-7,13H2,1-2H3. The van der Waals surface area contributed by atoms with Crippen LogP contribution in [0.2, 0.25) is 0 Å². The van der Waals surface area contributed by atoms with Crippen molar-refractivity contribution in [2.24, 2.45) is 5.73 Å². The lowest BCUT2D eigenvalue weighted by molar-refractivity contribution is 0.297. The maximum absolute atomic E-state index is 5.97. The smallest absolute Gasteiger partial charge is 0.229 e. The van der Waals surface area contributed by atoms with E-state index in [4.69, 9.17) is 10.3 Å². The molecule has 2 rings (SSSR count). The minimum Gasteiger partial charge on any atom is -0.339 e. The van der Waals surface area contributed by atoms with E-state index in [-0.39, 0.29) is 0 Å². The quantitative estimate of drug-likeness (QED) is 0.855. The molecule has 0 aliphatic heterocycles. The van der Waals surface area contributed by atoms with Crippen LogP contribution < -0.4 is 5.73 Å². The lowest BCUT2D eigenvalue weighted by atomic mass is 9.86. The van der Waals surface area contributed by atoms with Gasteiger partial charge in [0.15, 0.2) is 5.82 Å². The van der Waals surface area contributed by atoms with Crippen LogP contribution in [-0.4, -0.2) is 16.2 Å². The molecule has 1 fully saturated rings. The van der Waals surface area contributed by atoms with E-state index in [1.807, 2.05) is 0 Å². The van der Waals surface area contributed by atoms with Crippen molar-refractivity contribution >= 4 is 0 Å². The van der Waals surface area contributed by atoms with Gasteiger partial charge in [-0.15, -0.1) is 0 Å². The molecule has 0 saturated heterocycles. The minimum absolute atomic E-state index is 0.303. The van der Waals surface area contributed by atoms with Crippen molar-refractivity contribution in [3.8, 4) is 0 Å². The normalized spacial score (nSPS) is 27.9. The second-order valence-electron chi connectivity index (χ2n) is 4.92. The molecule has 0 spiro atoms. The van der Waals surface area contributed by atoms with Crippen LogP contribution in [0, 0.1) is 0 Å². The van der Waals surface area contributed by atoms with Gasteiger partial charge in [-0.3, -0.25) is 0 Å². The molecule has 1 aliphatic rings. The summed E-state index contributed by atoms with van der Waals surface area (Å²) in [7, 11) is 0. The van der Waals surface area contributed by atoms with E-state index >= 15 is 0 Å². The first-order chi connectivity index (χ1) is 7.70. The van der Waals surface area contributed by atoms with Crippen LogP contribution in [0.25, 0.3) is 0 Å². The zero-order chi connectivity index (χ0) is 11.5. The van der Waals surface area contributed by atoms with Crippen LogP contribution in [0.15, 0.2) is 4.52 Å². The fourth-order valence-corrected chi connectivity index (χ4v) is 2.25. The predicted octanol–water partition coefficient (Wildman–Crippen LogP) is 2.57. The van der Waals surface area contributed by atoms with Crippen LogP contribution in [-0.2, 0) is 0 Å². The van der Waals surface area contributed by atoms with E-state index < -0.39 is 0 Å². The molecular formula is C12H21N3O. The molecule has 0 amide bonds. The van der Waals surface area contributed by atoms with Gasteiger partial charge in [0, 0.05) is 17.9 Å². The van der Waals surface area contributed by atoms with E-state index in [0.717, 1.165) is 37.4 Å². The van der Waals surface area contributed by atoms with Crippen molar-refractivity contribution in [3.05, 3.63) is 11.7 Å². The molecule has 0 radical (unpaired) electrons. The number of aromatic nitrogens is 2. The highest BCUT2D eigenvalue weighted by atomic mass is 16.5. The zero-order valence-corrected chi connectivity index (χ0v) is 10.1. The van der Waals surface area contributed by atoms with Crippen molar-refractivity contribution in [3.63, 3.8) is 0 Å². The lowest BCUT2D eigenvalue weighted by Crippen LogP contribution is -2.26. The van der Waals surface area contributed by atoms with Crippen molar-refractivity contribution < 1.29 is 4.52 Å². The summed E-state index contributed by atoms with van der Waals surface area (Å²) >= 11 is 0. The van der Waals surface area contributed by atoms with Crippen LogP contribution in [0.1, 0.15) is 69.5 Å². The van der Waals surface area contributed by atoms with Crippen molar-refractivity contribution in [1.82, 2.24) is 10.1 Å². The predicted molar refractivity (Wildman–Crippen MR) is 62.2 cm³/mol. The Hall–Kier alpha value is -0.900. The summed E-state index contributed by atoms with van der Waals surface area (Å²) in [6, 6.07) is 0.303. The highest BCUT2D eigenvalue weighted by molar-refractivity contribution is 5.00. The molecule has 1 aromatic heterocycles. The monoisotopic (exact) mass is 223 g/mol. The average Bonchev–Trinajstić information content (AvgIpc) is 2.77. The van der Waals surface area contributed by atoms with Crippen LogP contribution in [0.3, 0.4) is 0 Å². The number of hydrogen-bond donors (Lipinski definition) is 1. The van der Waals surface area contributed by atoms with Crippen molar-refractivity contribution in [2.75, 3.05) is 0 Å². The first kappa shape index (κ1) is 11.6. The Kier molecular flexibility index (Phi) is 3.59. The molecule has 1 aromatic rings. The highest BCUT2D eigenvalue weighted by Crippen LogP contribution is 2.31. The van der Waals surface area contributed by atoms with Gasteiger partial charge in [0.2, 0.25) is 5.89 Å². The number of rotatable bonds is 3. The molecule has 0 bridgehead atoms. The summed E-state index contributed by atoms with van der Waals surface area (Å²) in [6.45, 7) is 4.26. The molecular weight excluding hydrogens is 202 g/mol.